The molecule has 0 fully saturated rings. The lowest BCUT2D eigenvalue weighted by atomic mass is 10.3. The van der Waals surface area contributed by atoms with Gasteiger partial charge in [-0.05, 0) is 12.1 Å². The van der Waals surface area contributed by atoms with E-state index in [1.165, 1.54) is 0 Å². The number of aromatic nitrogens is 3. The molecule has 0 N–H and O–H groups in total. The molecule has 4 nitrogen and oxygen atoms in total. The van der Waals surface area contributed by atoms with Gasteiger partial charge < -0.3 is 8.98 Å². The molecule has 3 heterocycles. The average Bonchev–Trinajstić information content (AvgIpc) is 3.10. The highest BCUT2D eigenvalue weighted by Gasteiger charge is 2.08. The predicted molar refractivity (Wildman–Crippen MR) is 75.0 cm³/mol. The normalized spacial score (nSPS) is 10.7. The van der Waals surface area contributed by atoms with Crippen LogP contribution in [0.4, 0.5) is 0 Å². The van der Waals surface area contributed by atoms with Gasteiger partial charge in [-0.25, -0.2) is 9.97 Å². The maximum atomic E-state index is 5.33. The Kier molecular flexibility index (Phi) is 3.29. The minimum absolute atomic E-state index is 0.746. The van der Waals surface area contributed by atoms with Crippen LogP contribution in [-0.4, -0.2) is 14.5 Å². The van der Waals surface area contributed by atoms with Crippen molar-refractivity contribution in [1.82, 2.24) is 14.5 Å². The van der Waals surface area contributed by atoms with Gasteiger partial charge in [0.15, 0.2) is 5.76 Å². The van der Waals surface area contributed by atoms with Crippen molar-refractivity contribution in [3.05, 3.63) is 59.7 Å². The van der Waals surface area contributed by atoms with Gasteiger partial charge in [0.2, 0.25) is 0 Å². The Balaban J connectivity index is 1.74. The first kappa shape index (κ1) is 11.9. The zero-order valence-electron chi connectivity index (χ0n) is 10.3. The molecule has 0 saturated heterocycles. The van der Waals surface area contributed by atoms with Crippen LogP contribution in [0.15, 0.2) is 53.4 Å². The monoisotopic (exact) mass is 271 g/mol. The summed E-state index contributed by atoms with van der Waals surface area (Å²) in [5.41, 5.74) is 1.90. The fourth-order valence-electron chi connectivity index (χ4n) is 1.83. The largest absolute Gasteiger partial charge is 0.463 e. The van der Waals surface area contributed by atoms with Gasteiger partial charge in [-0.2, -0.15) is 0 Å². The lowest BCUT2D eigenvalue weighted by Crippen LogP contribution is -1.90. The van der Waals surface area contributed by atoms with Gasteiger partial charge in [0.05, 0.1) is 23.3 Å². The molecule has 0 aromatic carbocycles. The Morgan fingerprint density at radius 3 is 3.21 bits per heavy atom. The molecule has 0 atom stereocenters. The first-order chi connectivity index (χ1) is 9.35. The summed E-state index contributed by atoms with van der Waals surface area (Å²) in [6.07, 6.45) is 8.10. The number of nitrogens with zero attached hydrogens (tertiary/aromatic N) is 3. The fraction of sp³-hybridized carbons (Fsp3) is 0.143. The minimum atomic E-state index is 0.746. The van der Waals surface area contributed by atoms with E-state index in [9.17, 15) is 0 Å². The lowest BCUT2D eigenvalue weighted by molar-refractivity contribution is 0.580. The summed E-state index contributed by atoms with van der Waals surface area (Å²) >= 11 is 1.62. The Morgan fingerprint density at radius 1 is 1.47 bits per heavy atom. The smallest absolute Gasteiger partial charge is 0.153 e. The molecule has 0 radical (unpaired) electrons. The maximum absolute atomic E-state index is 5.33. The first-order valence-electron chi connectivity index (χ1n) is 5.95. The summed E-state index contributed by atoms with van der Waals surface area (Å²) in [5, 5.41) is 3.05. The fourth-order valence-corrected chi connectivity index (χ4v) is 2.63. The number of furan rings is 1. The van der Waals surface area contributed by atoms with E-state index in [1.807, 2.05) is 40.7 Å². The van der Waals surface area contributed by atoms with Crippen molar-refractivity contribution < 1.29 is 4.42 Å². The van der Waals surface area contributed by atoms with Crippen LogP contribution in [0.1, 0.15) is 10.7 Å². The van der Waals surface area contributed by atoms with E-state index in [0.717, 1.165) is 35.1 Å². The predicted octanol–water partition coefficient (Wildman–Crippen LogP) is 3.38. The van der Waals surface area contributed by atoms with E-state index >= 15 is 0 Å². The van der Waals surface area contributed by atoms with Gasteiger partial charge in [-0.1, -0.05) is 6.08 Å². The average molecular weight is 271 g/mol. The summed E-state index contributed by atoms with van der Waals surface area (Å²) in [6, 6.07) is 3.78. The molecule has 5 heteroatoms. The lowest BCUT2D eigenvalue weighted by Gasteiger charge is -1.93. The molecule has 0 amide bonds. The standard InChI is InChI=1S/C14H13N3OS/c1-2-5-17-8-11(15-10-17)7-14-16-12(9-19-14)13-4-3-6-18-13/h2-4,6,8-10H,1,5,7H2. The quantitative estimate of drug-likeness (QED) is 0.668. The Labute approximate surface area is 115 Å². The van der Waals surface area contributed by atoms with Gasteiger partial charge in [0.25, 0.3) is 0 Å². The third kappa shape index (κ3) is 2.66. The zero-order chi connectivity index (χ0) is 13.1. The molecule has 0 bridgehead atoms. The van der Waals surface area contributed by atoms with Gasteiger partial charge in [-0.15, -0.1) is 17.9 Å². The van der Waals surface area contributed by atoms with Crippen molar-refractivity contribution in [2.24, 2.45) is 0 Å². The van der Waals surface area contributed by atoms with E-state index < -0.39 is 0 Å². The number of imidazole rings is 1. The molecular formula is C14H13N3OS. The SMILES string of the molecule is C=CCn1cnc(Cc2nc(-c3ccco3)cs2)c1. The Morgan fingerprint density at radius 2 is 2.42 bits per heavy atom. The minimum Gasteiger partial charge on any atom is -0.463 e. The highest BCUT2D eigenvalue weighted by Crippen LogP contribution is 2.23. The second kappa shape index (κ2) is 5.24. The molecule has 0 aliphatic heterocycles. The molecule has 3 aromatic heterocycles. The molecule has 96 valence electrons. The van der Waals surface area contributed by atoms with Crippen LogP contribution in [-0.2, 0) is 13.0 Å². The van der Waals surface area contributed by atoms with Gasteiger partial charge in [-0.3, -0.25) is 0 Å². The molecule has 0 aliphatic carbocycles. The van der Waals surface area contributed by atoms with Crippen molar-refractivity contribution in [3.63, 3.8) is 0 Å². The third-order valence-corrected chi connectivity index (χ3v) is 3.53. The van der Waals surface area contributed by atoms with Crippen molar-refractivity contribution in [3.8, 4) is 11.5 Å². The first-order valence-corrected chi connectivity index (χ1v) is 6.83. The zero-order valence-corrected chi connectivity index (χ0v) is 11.1. The Bertz CT molecular complexity index is 667. The summed E-state index contributed by atoms with van der Waals surface area (Å²) in [5.74, 6) is 0.805. The van der Waals surface area contributed by atoms with E-state index in [0.29, 0.717) is 0 Å². The Hall–Kier alpha value is -2.14. The van der Waals surface area contributed by atoms with Crippen LogP contribution in [0.25, 0.3) is 11.5 Å². The molecule has 3 aromatic rings. The van der Waals surface area contributed by atoms with Gasteiger partial charge >= 0.3 is 0 Å². The molecular weight excluding hydrogens is 258 g/mol. The van der Waals surface area contributed by atoms with Crippen LogP contribution < -0.4 is 0 Å². The molecule has 0 unspecified atom stereocenters. The number of thiazole rings is 1. The second-order valence-corrected chi connectivity index (χ2v) is 5.07. The van der Waals surface area contributed by atoms with E-state index in [4.69, 9.17) is 4.42 Å². The van der Waals surface area contributed by atoms with Crippen LogP contribution in [0, 0.1) is 0 Å². The molecule has 3 rings (SSSR count). The van der Waals surface area contributed by atoms with E-state index in [2.05, 4.69) is 16.5 Å². The summed E-state index contributed by atoms with van der Waals surface area (Å²) in [4.78, 5) is 8.92. The number of rotatable bonds is 5. The number of allylic oxidation sites excluding steroid dienone is 1. The van der Waals surface area contributed by atoms with Crippen molar-refractivity contribution in [1.29, 1.82) is 0 Å². The van der Waals surface area contributed by atoms with Crippen LogP contribution >= 0.6 is 11.3 Å². The van der Waals surface area contributed by atoms with Crippen molar-refractivity contribution in [2.45, 2.75) is 13.0 Å². The highest BCUT2D eigenvalue weighted by molar-refractivity contribution is 7.10. The summed E-state index contributed by atoms with van der Waals surface area (Å²) in [6.45, 7) is 4.49. The van der Waals surface area contributed by atoms with Gasteiger partial charge in [0, 0.05) is 24.5 Å². The molecule has 19 heavy (non-hydrogen) atoms. The third-order valence-electron chi connectivity index (χ3n) is 2.68. The molecule has 0 spiro atoms. The topological polar surface area (TPSA) is 43.9 Å². The summed E-state index contributed by atoms with van der Waals surface area (Å²) in [7, 11) is 0. The maximum Gasteiger partial charge on any atom is 0.153 e. The van der Waals surface area contributed by atoms with E-state index in [1.54, 1.807) is 17.6 Å². The van der Waals surface area contributed by atoms with Crippen LogP contribution in [0.3, 0.4) is 0 Å². The number of hydrogen-bond acceptors (Lipinski definition) is 4. The second-order valence-electron chi connectivity index (χ2n) is 4.13. The van der Waals surface area contributed by atoms with E-state index in [-0.39, 0.29) is 0 Å². The van der Waals surface area contributed by atoms with Crippen molar-refractivity contribution in [2.75, 3.05) is 0 Å². The van der Waals surface area contributed by atoms with Crippen LogP contribution in [0.5, 0.6) is 0 Å². The molecule has 0 aliphatic rings. The van der Waals surface area contributed by atoms with Crippen LogP contribution in [0.2, 0.25) is 0 Å². The summed E-state index contributed by atoms with van der Waals surface area (Å²) < 4.78 is 7.34. The highest BCUT2D eigenvalue weighted by atomic mass is 32.1. The van der Waals surface area contributed by atoms with Crippen molar-refractivity contribution >= 4 is 11.3 Å². The number of hydrogen-bond donors (Lipinski definition) is 0. The van der Waals surface area contributed by atoms with Gasteiger partial charge in [0.1, 0.15) is 5.69 Å². The molecule has 0 saturated carbocycles.